The van der Waals surface area contributed by atoms with E-state index in [0.29, 0.717) is 5.56 Å². The number of hydrogen-bond donors (Lipinski definition) is 0. The molecular weight excluding hydrogens is 336 g/mol. The smallest absolute Gasteiger partial charge is 0.256 e. The minimum Gasteiger partial charge on any atom is -0.336 e. The van der Waals surface area contributed by atoms with E-state index in [0.717, 1.165) is 37.9 Å². The normalized spacial score (nSPS) is 17.0. The first-order chi connectivity index (χ1) is 13.3. The van der Waals surface area contributed by atoms with Crippen molar-refractivity contribution in [1.82, 2.24) is 19.7 Å². The van der Waals surface area contributed by atoms with E-state index in [-0.39, 0.29) is 11.9 Å². The van der Waals surface area contributed by atoms with Gasteiger partial charge in [-0.25, -0.2) is 9.67 Å². The topological polar surface area (TPSA) is 51.0 Å². The first-order valence-corrected chi connectivity index (χ1v) is 9.62. The zero-order chi connectivity index (χ0) is 18.5. The van der Waals surface area contributed by atoms with E-state index in [1.807, 2.05) is 30.3 Å². The second-order valence-corrected chi connectivity index (χ2v) is 7.03. The summed E-state index contributed by atoms with van der Waals surface area (Å²) >= 11 is 0. The zero-order valence-corrected chi connectivity index (χ0v) is 15.4. The number of hydrogen-bond acceptors (Lipinski definition) is 3. The summed E-state index contributed by atoms with van der Waals surface area (Å²) in [6.45, 7) is 0.823. The lowest BCUT2D eigenvalue weighted by molar-refractivity contribution is 0.0602. The highest BCUT2D eigenvalue weighted by Gasteiger charge is 2.28. The van der Waals surface area contributed by atoms with Gasteiger partial charge >= 0.3 is 0 Å². The number of rotatable bonds is 5. The highest BCUT2D eigenvalue weighted by molar-refractivity contribution is 5.98. The Hall–Kier alpha value is -2.95. The Balaban J connectivity index is 1.55. The maximum atomic E-state index is 13.4. The lowest BCUT2D eigenvalue weighted by Gasteiger charge is -2.36. The van der Waals surface area contributed by atoms with Crippen LogP contribution >= 0.6 is 0 Å². The third-order valence-electron chi connectivity index (χ3n) is 5.30. The van der Waals surface area contributed by atoms with Crippen LogP contribution in [0.4, 0.5) is 0 Å². The van der Waals surface area contributed by atoms with Crippen LogP contribution < -0.4 is 0 Å². The summed E-state index contributed by atoms with van der Waals surface area (Å²) in [6.07, 6.45) is 8.46. The predicted octanol–water partition coefficient (Wildman–Crippen LogP) is 3.89. The van der Waals surface area contributed by atoms with Crippen LogP contribution in [0.25, 0.3) is 5.69 Å². The summed E-state index contributed by atoms with van der Waals surface area (Å²) in [7, 11) is 0. The molecule has 1 saturated heterocycles. The van der Waals surface area contributed by atoms with E-state index in [1.54, 1.807) is 11.0 Å². The van der Waals surface area contributed by atoms with Crippen LogP contribution in [-0.4, -0.2) is 38.2 Å². The molecule has 27 heavy (non-hydrogen) atoms. The van der Waals surface area contributed by atoms with Gasteiger partial charge in [-0.3, -0.25) is 4.79 Å². The number of carbonyl (C=O) groups is 1. The molecule has 1 aliphatic heterocycles. The molecule has 1 aliphatic rings. The molecule has 0 bridgehead atoms. The fraction of sp³-hybridized carbons (Fsp3) is 0.318. The molecule has 1 amide bonds. The van der Waals surface area contributed by atoms with Crippen LogP contribution in [0.5, 0.6) is 0 Å². The number of para-hydroxylation sites is 1. The van der Waals surface area contributed by atoms with Crippen molar-refractivity contribution in [2.45, 2.75) is 38.1 Å². The fourth-order valence-electron chi connectivity index (χ4n) is 3.89. The molecular formula is C22H24N4O. The molecule has 4 rings (SSSR count). The van der Waals surface area contributed by atoms with Crippen molar-refractivity contribution < 1.29 is 4.79 Å². The number of likely N-dealkylation sites (tertiary alicyclic amines) is 1. The maximum Gasteiger partial charge on any atom is 0.256 e. The molecule has 0 aliphatic carbocycles. The van der Waals surface area contributed by atoms with E-state index in [1.165, 1.54) is 18.3 Å². The first kappa shape index (κ1) is 17.5. The second kappa shape index (κ2) is 8.16. The van der Waals surface area contributed by atoms with E-state index in [4.69, 9.17) is 0 Å². The first-order valence-electron chi connectivity index (χ1n) is 9.62. The minimum atomic E-state index is 0.0962. The van der Waals surface area contributed by atoms with Gasteiger partial charge in [-0.05, 0) is 49.8 Å². The molecule has 0 N–H and O–H groups in total. The molecule has 1 aromatic heterocycles. The van der Waals surface area contributed by atoms with Gasteiger partial charge in [-0.15, -0.1) is 0 Å². The molecule has 1 unspecified atom stereocenters. The number of aromatic nitrogens is 3. The van der Waals surface area contributed by atoms with Crippen molar-refractivity contribution in [3.05, 3.63) is 78.4 Å². The van der Waals surface area contributed by atoms with Crippen LogP contribution in [0.3, 0.4) is 0 Å². The monoisotopic (exact) mass is 360 g/mol. The lowest BCUT2D eigenvalue weighted by Crippen LogP contribution is -2.44. The van der Waals surface area contributed by atoms with Gasteiger partial charge in [0.05, 0.1) is 11.3 Å². The standard InChI is InChI=1S/C22H24N4O/c27-22(20-11-4-5-12-21(20)26-17-23-16-24-26)25-15-7-6-10-19(25)14-13-18-8-2-1-3-9-18/h1-5,8-9,11-12,16-17,19H,6-7,10,13-15H2. The molecule has 0 saturated carbocycles. The maximum absolute atomic E-state index is 13.4. The van der Waals surface area contributed by atoms with Crippen LogP contribution in [-0.2, 0) is 6.42 Å². The van der Waals surface area contributed by atoms with Crippen LogP contribution in [0.15, 0.2) is 67.3 Å². The van der Waals surface area contributed by atoms with Gasteiger partial charge < -0.3 is 4.90 Å². The third-order valence-corrected chi connectivity index (χ3v) is 5.30. The number of aryl methyl sites for hydroxylation is 1. The molecule has 5 nitrogen and oxygen atoms in total. The highest BCUT2D eigenvalue weighted by atomic mass is 16.2. The van der Waals surface area contributed by atoms with Crippen LogP contribution in [0.2, 0.25) is 0 Å². The molecule has 3 aromatic rings. The zero-order valence-electron chi connectivity index (χ0n) is 15.4. The quantitative estimate of drug-likeness (QED) is 0.693. The van der Waals surface area contributed by atoms with Crippen molar-refractivity contribution in [1.29, 1.82) is 0 Å². The summed E-state index contributed by atoms with van der Waals surface area (Å²) in [5.74, 6) is 0.0962. The largest absolute Gasteiger partial charge is 0.336 e. The van der Waals surface area contributed by atoms with Gasteiger partial charge in [-0.2, -0.15) is 5.10 Å². The number of amides is 1. The molecule has 2 aromatic carbocycles. The van der Waals surface area contributed by atoms with E-state index in [9.17, 15) is 4.79 Å². The Labute approximate surface area is 159 Å². The highest BCUT2D eigenvalue weighted by Crippen LogP contribution is 2.25. The number of piperidine rings is 1. The van der Waals surface area contributed by atoms with Crippen molar-refractivity contribution in [3.8, 4) is 5.69 Å². The average Bonchev–Trinajstić information content (AvgIpc) is 3.27. The van der Waals surface area contributed by atoms with Gasteiger partial charge in [-0.1, -0.05) is 42.5 Å². The van der Waals surface area contributed by atoms with Crippen molar-refractivity contribution in [2.75, 3.05) is 6.54 Å². The van der Waals surface area contributed by atoms with Gasteiger partial charge in [0, 0.05) is 12.6 Å². The van der Waals surface area contributed by atoms with Crippen molar-refractivity contribution in [3.63, 3.8) is 0 Å². The average molecular weight is 360 g/mol. The van der Waals surface area contributed by atoms with Crippen LogP contribution in [0.1, 0.15) is 41.6 Å². The predicted molar refractivity (Wildman–Crippen MR) is 105 cm³/mol. The molecule has 0 radical (unpaired) electrons. The van der Waals surface area contributed by atoms with Gasteiger partial charge in [0.15, 0.2) is 0 Å². The molecule has 1 fully saturated rings. The van der Waals surface area contributed by atoms with Gasteiger partial charge in [0.25, 0.3) is 5.91 Å². The number of nitrogens with zero attached hydrogens (tertiary/aromatic N) is 4. The fourth-order valence-corrected chi connectivity index (χ4v) is 3.89. The second-order valence-electron chi connectivity index (χ2n) is 7.03. The summed E-state index contributed by atoms with van der Waals surface area (Å²) in [6, 6.07) is 18.5. The number of carbonyl (C=O) groups excluding carboxylic acids is 1. The summed E-state index contributed by atoms with van der Waals surface area (Å²) in [5.41, 5.74) is 2.81. The SMILES string of the molecule is O=C(c1ccccc1-n1cncn1)N1CCCCC1CCc1ccccc1. The summed E-state index contributed by atoms with van der Waals surface area (Å²) in [4.78, 5) is 19.5. The molecule has 5 heteroatoms. The van der Waals surface area contributed by atoms with E-state index < -0.39 is 0 Å². The summed E-state index contributed by atoms with van der Waals surface area (Å²) in [5, 5.41) is 4.20. The Morgan fingerprint density at radius 1 is 1.04 bits per heavy atom. The lowest BCUT2D eigenvalue weighted by atomic mass is 9.95. The Morgan fingerprint density at radius 3 is 2.67 bits per heavy atom. The van der Waals surface area contributed by atoms with Gasteiger partial charge in [0.1, 0.15) is 12.7 Å². The van der Waals surface area contributed by atoms with Crippen molar-refractivity contribution >= 4 is 5.91 Å². The number of benzene rings is 2. The summed E-state index contributed by atoms with van der Waals surface area (Å²) < 4.78 is 1.66. The molecule has 2 heterocycles. The van der Waals surface area contributed by atoms with Gasteiger partial charge in [0.2, 0.25) is 0 Å². The Bertz CT molecular complexity index is 876. The minimum absolute atomic E-state index is 0.0962. The van der Waals surface area contributed by atoms with Crippen molar-refractivity contribution in [2.24, 2.45) is 0 Å². The van der Waals surface area contributed by atoms with Crippen LogP contribution in [0, 0.1) is 0 Å². The van der Waals surface area contributed by atoms with E-state index in [2.05, 4.69) is 39.2 Å². The van der Waals surface area contributed by atoms with E-state index >= 15 is 0 Å². The Kier molecular flexibility index (Phi) is 5.28. The molecule has 1 atom stereocenters. The molecule has 138 valence electrons. The molecule has 0 spiro atoms. The Morgan fingerprint density at radius 2 is 1.85 bits per heavy atom. The third kappa shape index (κ3) is 3.92.